The van der Waals surface area contributed by atoms with Crippen molar-refractivity contribution in [1.82, 2.24) is 14.5 Å². The first-order chi connectivity index (χ1) is 21.2. The van der Waals surface area contributed by atoms with Gasteiger partial charge in [-0.2, -0.15) is 0 Å². The van der Waals surface area contributed by atoms with E-state index in [2.05, 4.69) is 36.4 Å². The van der Waals surface area contributed by atoms with E-state index in [1.807, 2.05) is 83.6 Å². The Labute approximate surface area is 267 Å². The fourth-order valence-corrected chi connectivity index (χ4v) is 6.54. The second-order valence-electron chi connectivity index (χ2n) is 11.0. The van der Waals surface area contributed by atoms with Crippen LogP contribution in [0.15, 0.2) is 120 Å². The molecular formula is C38H24N3O2Pt-. The molecule has 1 N–H and O–H groups in total. The molecule has 8 aromatic rings. The van der Waals surface area contributed by atoms with Gasteiger partial charge in [0.1, 0.15) is 28.4 Å². The fourth-order valence-electron chi connectivity index (χ4n) is 6.54. The molecule has 5 aromatic carbocycles. The summed E-state index contributed by atoms with van der Waals surface area (Å²) in [4.78, 5) is 10.5. The van der Waals surface area contributed by atoms with E-state index in [1.165, 1.54) is 16.5 Å². The van der Waals surface area contributed by atoms with Crippen molar-refractivity contribution in [2.45, 2.75) is 12.8 Å². The van der Waals surface area contributed by atoms with Crippen molar-refractivity contribution in [3.05, 3.63) is 133 Å². The molecule has 0 saturated heterocycles. The first kappa shape index (κ1) is 26.6. The summed E-state index contributed by atoms with van der Waals surface area (Å²) in [5.74, 6) is 0.731. The molecule has 3 heterocycles. The number of fused-ring (bicyclic) bond motifs is 8. The number of aromatic hydroxyl groups is 1. The molecule has 1 aliphatic rings. The zero-order chi connectivity index (χ0) is 28.5. The van der Waals surface area contributed by atoms with Crippen LogP contribution in [0.25, 0.3) is 72.4 Å². The molecule has 5 nitrogen and oxygen atoms in total. The summed E-state index contributed by atoms with van der Waals surface area (Å²) in [5.41, 5.74) is 9.08. The molecule has 214 valence electrons. The van der Waals surface area contributed by atoms with Gasteiger partial charge in [0.05, 0.1) is 11.3 Å². The van der Waals surface area contributed by atoms with Gasteiger partial charge in [0.2, 0.25) is 0 Å². The molecule has 6 heteroatoms. The van der Waals surface area contributed by atoms with Crippen molar-refractivity contribution < 1.29 is 30.6 Å². The summed E-state index contributed by atoms with van der Waals surface area (Å²) in [6, 6.07) is 39.8. The van der Waals surface area contributed by atoms with Gasteiger partial charge < -0.3 is 9.52 Å². The van der Waals surface area contributed by atoms with Crippen LogP contribution in [-0.2, 0) is 33.9 Å². The van der Waals surface area contributed by atoms with Crippen LogP contribution < -0.4 is 0 Å². The summed E-state index contributed by atoms with van der Waals surface area (Å²) >= 11 is 0. The van der Waals surface area contributed by atoms with Crippen LogP contribution in [0.3, 0.4) is 0 Å². The fraction of sp³-hybridized carbons (Fsp3) is 0.0526. The van der Waals surface area contributed by atoms with E-state index >= 15 is 0 Å². The maximum atomic E-state index is 11.3. The molecule has 0 radical (unpaired) electrons. The summed E-state index contributed by atoms with van der Waals surface area (Å²) < 4.78 is 8.08. The van der Waals surface area contributed by atoms with Gasteiger partial charge in [0.25, 0.3) is 0 Å². The standard InChI is InChI=1S/C38H24N3O2.Pt/c42-33-21-35-30(27-15-8-9-17-34(27)43-35)20-31(33)38-39-32(22-41(38)24-11-2-1-3-12-24)37-28-16-7-6-14-26(28)29-19-18-23-10-4-5-13-25(23)36(29)40-37;/h1-12,14-17,20-22,42H,18-19H2;/q-1;. The number of rotatable bonds is 3. The molecule has 9 rings (SSSR count). The van der Waals surface area contributed by atoms with Gasteiger partial charge in [-0.3, -0.25) is 9.55 Å². The second kappa shape index (κ2) is 10.3. The number of pyridine rings is 1. The zero-order valence-corrected chi connectivity index (χ0v) is 25.7. The number of para-hydroxylation sites is 2. The Morgan fingerprint density at radius 3 is 2.34 bits per heavy atom. The van der Waals surface area contributed by atoms with Crippen LogP contribution >= 0.6 is 0 Å². The minimum atomic E-state index is 0. The summed E-state index contributed by atoms with van der Waals surface area (Å²) in [6.45, 7) is 0. The maximum absolute atomic E-state index is 11.3. The number of aromatic nitrogens is 3. The van der Waals surface area contributed by atoms with E-state index in [1.54, 1.807) is 6.07 Å². The van der Waals surface area contributed by atoms with E-state index in [-0.39, 0.29) is 26.8 Å². The predicted octanol–water partition coefficient (Wildman–Crippen LogP) is 8.92. The van der Waals surface area contributed by atoms with Crippen molar-refractivity contribution in [2.24, 2.45) is 0 Å². The minimum Gasteiger partial charge on any atom is -0.507 e. The third-order valence-corrected chi connectivity index (χ3v) is 8.56. The molecule has 0 unspecified atom stereocenters. The number of phenolic OH excluding ortho intramolecular Hbond substituents is 1. The molecule has 0 fully saturated rings. The van der Waals surface area contributed by atoms with E-state index in [9.17, 15) is 5.11 Å². The van der Waals surface area contributed by atoms with E-state index in [0.717, 1.165) is 62.9 Å². The van der Waals surface area contributed by atoms with Gasteiger partial charge >= 0.3 is 0 Å². The largest absolute Gasteiger partial charge is 0.507 e. The third-order valence-electron chi connectivity index (χ3n) is 8.56. The molecule has 3 aromatic heterocycles. The summed E-state index contributed by atoms with van der Waals surface area (Å²) in [6.07, 6.45) is 3.94. The zero-order valence-electron chi connectivity index (χ0n) is 23.4. The molecule has 0 bridgehead atoms. The van der Waals surface area contributed by atoms with Gasteiger partial charge in [0, 0.05) is 55.2 Å². The number of hydrogen-bond acceptors (Lipinski definition) is 4. The van der Waals surface area contributed by atoms with Crippen molar-refractivity contribution in [1.29, 1.82) is 0 Å². The van der Waals surface area contributed by atoms with E-state index < -0.39 is 0 Å². The van der Waals surface area contributed by atoms with E-state index in [4.69, 9.17) is 14.4 Å². The van der Waals surface area contributed by atoms with Crippen LogP contribution in [0.1, 0.15) is 11.1 Å². The Balaban J connectivity index is 0.00000289. The normalized spacial score (nSPS) is 12.3. The first-order valence-corrected chi connectivity index (χ1v) is 14.4. The number of hydrogen-bond donors (Lipinski definition) is 1. The quantitative estimate of drug-likeness (QED) is 0.183. The molecular weight excluding hydrogens is 726 g/mol. The average Bonchev–Trinajstić information content (AvgIpc) is 3.66. The van der Waals surface area contributed by atoms with Gasteiger partial charge in [-0.1, -0.05) is 72.6 Å². The predicted molar refractivity (Wildman–Crippen MR) is 170 cm³/mol. The minimum absolute atomic E-state index is 0. The number of phenols is 1. The molecule has 0 amide bonds. The van der Waals surface area contributed by atoms with Crippen LogP contribution in [0.5, 0.6) is 5.75 Å². The van der Waals surface area contributed by atoms with Gasteiger partial charge in [-0.05, 0) is 41.8 Å². The SMILES string of the molecule is Oc1cc2oc3ccccc3c2cc1-c1nc(-c2nc3c(c4ccccc24)CCc2ccc[c-]c2-3)cn1-c1ccccc1.[Pt]. The average molecular weight is 750 g/mol. The first-order valence-electron chi connectivity index (χ1n) is 14.4. The van der Waals surface area contributed by atoms with Crippen LogP contribution in [-0.4, -0.2) is 19.6 Å². The van der Waals surface area contributed by atoms with Gasteiger partial charge in [0.15, 0.2) is 0 Å². The summed E-state index contributed by atoms with van der Waals surface area (Å²) in [5, 5.41) is 15.5. The van der Waals surface area contributed by atoms with Crippen molar-refractivity contribution in [3.63, 3.8) is 0 Å². The smallest absolute Gasteiger partial charge is 0.149 e. The van der Waals surface area contributed by atoms with Crippen LogP contribution in [0, 0.1) is 6.07 Å². The Kier molecular flexibility index (Phi) is 6.25. The number of aryl methyl sites for hydroxylation is 2. The maximum Gasteiger partial charge on any atom is 0.149 e. The number of nitrogens with zero attached hydrogens (tertiary/aromatic N) is 3. The van der Waals surface area contributed by atoms with Crippen LogP contribution in [0.4, 0.5) is 0 Å². The van der Waals surface area contributed by atoms with Gasteiger partial charge in [-0.25, -0.2) is 4.98 Å². The molecule has 0 spiro atoms. The topological polar surface area (TPSA) is 64.1 Å². The Hall–Kier alpha value is -4.99. The Morgan fingerprint density at radius 2 is 1.48 bits per heavy atom. The number of imidazole rings is 1. The van der Waals surface area contributed by atoms with Crippen molar-refractivity contribution >= 4 is 32.7 Å². The van der Waals surface area contributed by atoms with Crippen molar-refractivity contribution in [2.75, 3.05) is 0 Å². The molecule has 44 heavy (non-hydrogen) atoms. The third kappa shape index (κ3) is 4.04. The van der Waals surface area contributed by atoms with Crippen molar-refractivity contribution in [3.8, 4) is 45.5 Å². The monoisotopic (exact) mass is 749 g/mol. The number of benzene rings is 5. The van der Waals surface area contributed by atoms with Gasteiger partial charge in [-0.15, -0.1) is 35.4 Å². The van der Waals surface area contributed by atoms with E-state index in [0.29, 0.717) is 17.0 Å². The Morgan fingerprint density at radius 1 is 0.705 bits per heavy atom. The molecule has 0 aliphatic heterocycles. The molecule has 0 atom stereocenters. The number of furan rings is 1. The van der Waals surface area contributed by atoms with Crippen LogP contribution in [0.2, 0.25) is 0 Å². The molecule has 1 aliphatic carbocycles. The summed E-state index contributed by atoms with van der Waals surface area (Å²) in [7, 11) is 0. The second-order valence-corrected chi connectivity index (χ2v) is 11.0. The Bertz CT molecular complexity index is 2370. The molecule has 0 saturated carbocycles.